The van der Waals surface area contributed by atoms with Crippen molar-refractivity contribution in [1.29, 1.82) is 0 Å². The summed E-state index contributed by atoms with van der Waals surface area (Å²) in [6, 6.07) is 19.3. The van der Waals surface area contributed by atoms with Crippen molar-refractivity contribution in [1.82, 2.24) is 0 Å². The molecule has 0 N–H and O–H groups in total. The minimum absolute atomic E-state index is 0. The van der Waals surface area contributed by atoms with Crippen molar-refractivity contribution in [2.24, 2.45) is 0 Å². The topological polar surface area (TPSA) is 0 Å². The molecule has 4 aliphatic heterocycles. The third kappa shape index (κ3) is 7.49. The molecule has 2 aromatic rings. The smallest absolute Gasteiger partial charge is 0.0581 e. The van der Waals surface area contributed by atoms with E-state index in [1.54, 1.807) is 0 Å². The fourth-order valence-corrected chi connectivity index (χ4v) is 25.7. The molecule has 0 amide bonds. The maximum Gasteiger partial charge on any atom is 0.133 e. The van der Waals surface area contributed by atoms with Crippen LogP contribution >= 0.6 is 31.7 Å². The van der Waals surface area contributed by atoms with E-state index in [-0.39, 0.29) is 54.1 Å². The number of hydrogen-bond donors (Lipinski definition) is 0. The molecule has 0 unspecified atom stereocenters. The molecule has 5 heteroatoms. The van der Waals surface area contributed by atoms with Crippen molar-refractivity contribution in [2.75, 3.05) is 0 Å². The quantitative estimate of drug-likeness (QED) is 0.214. The predicted octanol–water partition coefficient (Wildman–Crippen LogP) is 9.01. The van der Waals surface area contributed by atoms with Gasteiger partial charge in [0.1, 0.15) is 21.2 Å². The van der Waals surface area contributed by atoms with Crippen LogP contribution in [-0.2, 0) is 22.4 Å². The molecule has 41 heavy (non-hydrogen) atoms. The third-order valence-corrected chi connectivity index (χ3v) is 27.0. The maximum atomic E-state index is 2.52. The van der Waals surface area contributed by atoms with Crippen LogP contribution in [0.3, 0.4) is 0 Å². The van der Waals surface area contributed by atoms with Gasteiger partial charge in [0.2, 0.25) is 0 Å². The standard InChI is InChI=1S/2C18H28P2.Au/c2*1-13-9-10-14(2)19(13)17-7-5-6-8-18(17)20-15(3)11-12-16(20)4;/h2*5-8,13-16H,9-12H2,1-4H3;/p+4/t2*13-,14-,15-,16-;/m10./s1. The Bertz CT molecular complexity index is 909. The molecule has 4 heterocycles. The van der Waals surface area contributed by atoms with E-state index in [1.807, 2.05) is 21.2 Å². The molecular formula is C36H60AuP4+4. The average molecular weight is 814 g/mol. The van der Waals surface area contributed by atoms with Gasteiger partial charge in [0, 0.05) is 54.1 Å². The predicted molar refractivity (Wildman–Crippen MR) is 197 cm³/mol. The maximum absolute atomic E-state index is 2.52. The van der Waals surface area contributed by atoms with Gasteiger partial charge >= 0.3 is 0 Å². The summed E-state index contributed by atoms with van der Waals surface area (Å²) >= 11 is 0. The van der Waals surface area contributed by atoms with Gasteiger partial charge in [-0.15, -0.1) is 0 Å². The Morgan fingerprint density at radius 2 is 0.488 bits per heavy atom. The van der Waals surface area contributed by atoms with Crippen LogP contribution in [-0.4, -0.2) is 45.3 Å². The largest absolute Gasteiger partial charge is 0.133 e. The zero-order chi connectivity index (χ0) is 28.6. The molecule has 4 aliphatic rings. The number of benzene rings is 2. The summed E-state index contributed by atoms with van der Waals surface area (Å²) in [5.74, 6) is 0. The van der Waals surface area contributed by atoms with Crippen LogP contribution in [0.25, 0.3) is 0 Å². The molecule has 0 spiro atoms. The normalized spacial score (nSPS) is 34.9. The van der Waals surface area contributed by atoms with Gasteiger partial charge in [-0.1, -0.05) is 24.3 Å². The SMILES string of the molecule is C[C@@H]1CC[C@@H](C)[PH+]1c1ccccc1[PH+]1[C@H](C)CC[C@H]1C.C[C@H]1CC[C@H](C)[PH+]1c1ccccc1[PH+]1[C@@H](C)CC[C@@H]1C.[Au]. The second kappa shape index (κ2) is 15.5. The van der Waals surface area contributed by atoms with Gasteiger partial charge in [0.05, 0.1) is 45.3 Å². The zero-order valence-corrected chi connectivity index (χ0v) is 33.4. The van der Waals surface area contributed by atoms with E-state index in [1.165, 1.54) is 51.4 Å². The molecule has 4 saturated heterocycles. The Morgan fingerprint density at radius 3 is 0.634 bits per heavy atom. The molecule has 0 saturated carbocycles. The molecule has 4 fully saturated rings. The monoisotopic (exact) mass is 813 g/mol. The van der Waals surface area contributed by atoms with E-state index in [0.717, 1.165) is 45.3 Å². The van der Waals surface area contributed by atoms with Crippen molar-refractivity contribution in [2.45, 2.75) is 152 Å². The minimum atomic E-state index is -0.332. The van der Waals surface area contributed by atoms with Crippen molar-refractivity contribution < 1.29 is 22.4 Å². The van der Waals surface area contributed by atoms with Crippen molar-refractivity contribution in [3.8, 4) is 0 Å². The molecule has 1 radical (unpaired) electrons. The van der Waals surface area contributed by atoms with Crippen LogP contribution in [0.2, 0.25) is 0 Å². The van der Waals surface area contributed by atoms with Crippen LogP contribution in [0.1, 0.15) is 107 Å². The number of hydrogen-bond acceptors (Lipinski definition) is 0. The van der Waals surface area contributed by atoms with E-state index in [2.05, 4.69) is 104 Å². The fraction of sp³-hybridized carbons (Fsp3) is 0.667. The van der Waals surface area contributed by atoms with Gasteiger partial charge in [0.15, 0.2) is 0 Å². The summed E-state index contributed by atoms with van der Waals surface area (Å²) in [6.45, 7) is 20.2. The van der Waals surface area contributed by atoms with Gasteiger partial charge in [-0.2, -0.15) is 0 Å². The molecule has 0 nitrogen and oxygen atoms in total. The third-order valence-electron chi connectivity index (χ3n) is 11.5. The molecule has 2 aromatic carbocycles. The number of rotatable bonds is 4. The van der Waals surface area contributed by atoms with Crippen LogP contribution < -0.4 is 21.2 Å². The summed E-state index contributed by atoms with van der Waals surface area (Å²) in [6.07, 6.45) is 11.8. The molecule has 0 aliphatic carbocycles. The van der Waals surface area contributed by atoms with E-state index >= 15 is 0 Å². The van der Waals surface area contributed by atoms with Gasteiger partial charge in [0.25, 0.3) is 0 Å². The first-order valence-corrected chi connectivity index (χ1v) is 23.5. The van der Waals surface area contributed by atoms with Gasteiger partial charge in [-0.3, -0.25) is 0 Å². The molecular weight excluding hydrogens is 753 g/mol. The van der Waals surface area contributed by atoms with Crippen LogP contribution in [0.4, 0.5) is 0 Å². The van der Waals surface area contributed by atoms with Crippen LogP contribution in [0, 0.1) is 0 Å². The first-order valence-electron chi connectivity index (χ1n) is 16.8. The minimum Gasteiger partial charge on any atom is -0.0581 e. The Labute approximate surface area is 274 Å². The summed E-state index contributed by atoms with van der Waals surface area (Å²) in [7, 11) is -1.33. The Hall–Kier alpha value is 0.900. The van der Waals surface area contributed by atoms with Gasteiger partial charge in [-0.05, 0) is 131 Å². The Balaban J connectivity index is 0.000000184. The fourth-order valence-electron chi connectivity index (χ4n) is 9.28. The zero-order valence-electron chi connectivity index (χ0n) is 27.2. The molecule has 0 bridgehead atoms. The summed E-state index contributed by atoms with van der Waals surface area (Å²) < 4.78 is 0. The summed E-state index contributed by atoms with van der Waals surface area (Å²) in [4.78, 5) is 0. The van der Waals surface area contributed by atoms with Crippen molar-refractivity contribution in [3.05, 3.63) is 48.5 Å². The van der Waals surface area contributed by atoms with Crippen molar-refractivity contribution in [3.63, 3.8) is 0 Å². The first-order chi connectivity index (χ1) is 19.2. The Morgan fingerprint density at radius 1 is 0.341 bits per heavy atom. The molecule has 6 rings (SSSR count). The van der Waals surface area contributed by atoms with E-state index in [0.29, 0.717) is 0 Å². The van der Waals surface area contributed by atoms with E-state index in [9.17, 15) is 0 Å². The molecule has 231 valence electrons. The second-order valence-electron chi connectivity index (χ2n) is 14.4. The first kappa shape index (κ1) is 34.8. The van der Waals surface area contributed by atoms with Gasteiger partial charge < -0.3 is 0 Å². The van der Waals surface area contributed by atoms with Crippen LogP contribution in [0.5, 0.6) is 0 Å². The second-order valence-corrected chi connectivity index (χ2v) is 28.1. The Kier molecular flexibility index (Phi) is 13.1. The van der Waals surface area contributed by atoms with Crippen molar-refractivity contribution >= 4 is 52.9 Å². The summed E-state index contributed by atoms with van der Waals surface area (Å²) in [5, 5.41) is 7.35. The van der Waals surface area contributed by atoms with Crippen LogP contribution in [0.15, 0.2) is 48.5 Å². The molecule has 0 aromatic heterocycles. The molecule has 8 atom stereocenters. The average Bonchev–Trinajstić information content (AvgIpc) is 3.66. The van der Waals surface area contributed by atoms with E-state index in [4.69, 9.17) is 0 Å². The van der Waals surface area contributed by atoms with Gasteiger partial charge in [-0.25, -0.2) is 0 Å². The van der Waals surface area contributed by atoms with E-state index < -0.39 is 0 Å². The summed E-state index contributed by atoms with van der Waals surface area (Å²) in [5.41, 5.74) is 7.82.